The smallest absolute Gasteiger partial charge is 0.179 e. The number of carbonyl (C=O) groups is 1. The Hall–Kier alpha value is -0.940. The van der Waals surface area contributed by atoms with E-state index in [0.717, 1.165) is 31.0 Å². The lowest BCUT2D eigenvalue weighted by Gasteiger charge is -2.40. The number of hydrogen-bond donors (Lipinski definition) is 0. The van der Waals surface area contributed by atoms with Gasteiger partial charge in [-0.15, -0.1) is 0 Å². The van der Waals surface area contributed by atoms with E-state index in [1.165, 1.54) is 6.07 Å². The molecule has 0 aliphatic carbocycles. The van der Waals surface area contributed by atoms with Crippen molar-refractivity contribution in [2.45, 2.75) is 31.6 Å². The summed E-state index contributed by atoms with van der Waals surface area (Å²) in [6, 6.07) is 3.02. The Balaban J connectivity index is 2.13. The molecule has 0 spiro atoms. The van der Waals surface area contributed by atoms with E-state index in [-0.39, 0.29) is 22.1 Å². The molecule has 0 radical (unpaired) electrons. The van der Waals surface area contributed by atoms with Gasteiger partial charge in [-0.25, -0.2) is 8.78 Å². The lowest BCUT2D eigenvalue weighted by molar-refractivity contribution is 0.0831. The predicted molar refractivity (Wildman–Crippen MR) is 78.3 cm³/mol. The van der Waals surface area contributed by atoms with Gasteiger partial charge in [0.2, 0.25) is 0 Å². The molecule has 1 fully saturated rings. The molecule has 110 valence electrons. The molecule has 0 amide bonds. The molecule has 0 bridgehead atoms. The first-order valence-corrected chi connectivity index (χ1v) is 7.66. The summed E-state index contributed by atoms with van der Waals surface area (Å²) >= 11 is 1.89. The largest absolute Gasteiger partial charge is 0.292 e. The lowest BCUT2D eigenvalue weighted by Crippen LogP contribution is -2.49. The molecule has 1 aromatic carbocycles. The van der Waals surface area contributed by atoms with E-state index < -0.39 is 11.6 Å². The van der Waals surface area contributed by atoms with E-state index in [0.29, 0.717) is 0 Å². The third-order valence-electron chi connectivity index (χ3n) is 3.59. The van der Waals surface area contributed by atoms with Gasteiger partial charge in [-0.2, -0.15) is 11.8 Å². The van der Waals surface area contributed by atoms with Gasteiger partial charge in [0, 0.05) is 29.2 Å². The van der Waals surface area contributed by atoms with Gasteiger partial charge in [-0.05, 0) is 39.0 Å². The molecule has 1 unspecified atom stereocenters. The predicted octanol–water partition coefficient (Wildman–Crippen LogP) is 3.36. The fraction of sp³-hybridized carbons (Fsp3) is 0.533. The Bertz CT molecular complexity index is 519. The maximum absolute atomic E-state index is 13.2. The Kier molecular flexibility index (Phi) is 4.49. The van der Waals surface area contributed by atoms with Crippen LogP contribution in [0.4, 0.5) is 8.78 Å². The summed E-state index contributed by atoms with van der Waals surface area (Å²) in [7, 11) is 0. The maximum Gasteiger partial charge on any atom is 0.179 e. The van der Waals surface area contributed by atoms with E-state index in [1.54, 1.807) is 0 Å². The van der Waals surface area contributed by atoms with E-state index in [4.69, 9.17) is 0 Å². The Morgan fingerprint density at radius 1 is 1.35 bits per heavy atom. The Labute approximate surface area is 122 Å². The van der Waals surface area contributed by atoms with Gasteiger partial charge < -0.3 is 0 Å². The summed E-state index contributed by atoms with van der Waals surface area (Å²) in [5.41, 5.74) is 0.229. The summed E-state index contributed by atoms with van der Waals surface area (Å²) in [5, 5.41) is 0. The molecule has 1 aliphatic heterocycles. The minimum atomic E-state index is -0.974. The molecule has 2 rings (SSSR count). The molecule has 1 aliphatic rings. The molecule has 2 nitrogen and oxygen atoms in total. The minimum absolute atomic E-state index is 0.112. The highest BCUT2D eigenvalue weighted by Gasteiger charge is 2.32. The molecule has 1 atom stereocenters. The van der Waals surface area contributed by atoms with Crippen molar-refractivity contribution >= 4 is 17.5 Å². The molecule has 0 aromatic heterocycles. The standard InChI is InChI=1S/C15H19F2NOS/c1-10(18-6-7-20-15(2,3)9-18)14(19)11-4-5-12(16)13(17)8-11/h4-5,8,10H,6-7,9H2,1-3H3. The van der Waals surface area contributed by atoms with Crippen molar-refractivity contribution < 1.29 is 13.6 Å². The highest BCUT2D eigenvalue weighted by molar-refractivity contribution is 8.00. The third kappa shape index (κ3) is 3.38. The third-order valence-corrected chi connectivity index (χ3v) is 4.88. The summed E-state index contributed by atoms with van der Waals surface area (Å²) in [5.74, 6) is -1.09. The van der Waals surface area contributed by atoms with Gasteiger partial charge in [0.15, 0.2) is 17.4 Å². The zero-order chi connectivity index (χ0) is 14.9. The number of benzene rings is 1. The molecule has 1 heterocycles. The second-order valence-electron chi connectivity index (χ2n) is 5.75. The Morgan fingerprint density at radius 3 is 2.65 bits per heavy atom. The number of rotatable bonds is 3. The number of thioether (sulfide) groups is 1. The second kappa shape index (κ2) is 5.82. The number of carbonyl (C=O) groups excluding carboxylic acids is 1. The van der Waals surface area contributed by atoms with Crippen LogP contribution in [0.1, 0.15) is 31.1 Å². The number of ketones is 1. The van der Waals surface area contributed by atoms with Crippen molar-refractivity contribution in [3.63, 3.8) is 0 Å². The molecule has 20 heavy (non-hydrogen) atoms. The van der Waals surface area contributed by atoms with Crippen LogP contribution in [-0.2, 0) is 0 Å². The fourth-order valence-corrected chi connectivity index (χ4v) is 3.58. The molecule has 5 heteroatoms. The van der Waals surface area contributed by atoms with Crippen LogP contribution in [0.25, 0.3) is 0 Å². The molecule has 1 saturated heterocycles. The summed E-state index contributed by atoms with van der Waals surface area (Å²) in [6.45, 7) is 7.78. The average Bonchev–Trinajstić information content (AvgIpc) is 2.39. The topological polar surface area (TPSA) is 20.3 Å². The van der Waals surface area contributed by atoms with E-state index in [2.05, 4.69) is 18.7 Å². The summed E-state index contributed by atoms with van der Waals surface area (Å²) < 4.78 is 26.3. The van der Waals surface area contributed by atoms with Crippen LogP contribution >= 0.6 is 11.8 Å². The van der Waals surface area contributed by atoms with Crippen LogP contribution in [-0.4, -0.2) is 40.3 Å². The van der Waals surface area contributed by atoms with Gasteiger partial charge in [0.1, 0.15) is 0 Å². The van der Waals surface area contributed by atoms with Gasteiger partial charge in [0.05, 0.1) is 6.04 Å². The van der Waals surface area contributed by atoms with Crippen LogP contribution in [0, 0.1) is 11.6 Å². The SMILES string of the molecule is CC(C(=O)c1ccc(F)c(F)c1)N1CCSC(C)(C)C1. The zero-order valence-electron chi connectivity index (χ0n) is 12.0. The van der Waals surface area contributed by atoms with E-state index >= 15 is 0 Å². The average molecular weight is 299 g/mol. The first-order valence-electron chi connectivity index (χ1n) is 6.67. The molecular weight excluding hydrogens is 280 g/mol. The van der Waals surface area contributed by atoms with Crippen molar-refractivity contribution in [3.05, 3.63) is 35.4 Å². The van der Waals surface area contributed by atoms with Crippen molar-refractivity contribution in [3.8, 4) is 0 Å². The molecular formula is C15H19F2NOS. The van der Waals surface area contributed by atoms with E-state index in [1.807, 2.05) is 18.7 Å². The lowest BCUT2D eigenvalue weighted by atomic mass is 10.0. The zero-order valence-corrected chi connectivity index (χ0v) is 12.8. The highest BCUT2D eigenvalue weighted by Crippen LogP contribution is 2.30. The van der Waals surface area contributed by atoms with Crippen molar-refractivity contribution in [1.29, 1.82) is 0 Å². The van der Waals surface area contributed by atoms with Gasteiger partial charge >= 0.3 is 0 Å². The summed E-state index contributed by atoms with van der Waals surface area (Å²) in [6.07, 6.45) is 0. The first-order chi connectivity index (χ1) is 9.30. The quantitative estimate of drug-likeness (QED) is 0.798. The molecule has 1 aromatic rings. The van der Waals surface area contributed by atoms with Gasteiger partial charge in [-0.3, -0.25) is 9.69 Å². The van der Waals surface area contributed by atoms with Crippen LogP contribution in [0.2, 0.25) is 0 Å². The van der Waals surface area contributed by atoms with Gasteiger partial charge in [0.25, 0.3) is 0 Å². The minimum Gasteiger partial charge on any atom is -0.292 e. The Morgan fingerprint density at radius 2 is 2.05 bits per heavy atom. The van der Waals surface area contributed by atoms with Crippen molar-refractivity contribution in [1.82, 2.24) is 4.90 Å². The number of halogens is 2. The van der Waals surface area contributed by atoms with Crippen LogP contribution < -0.4 is 0 Å². The van der Waals surface area contributed by atoms with Crippen LogP contribution in [0.5, 0.6) is 0 Å². The second-order valence-corrected chi connectivity index (χ2v) is 7.55. The fourth-order valence-electron chi connectivity index (χ4n) is 2.44. The molecule has 0 N–H and O–H groups in total. The maximum atomic E-state index is 13.2. The van der Waals surface area contributed by atoms with E-state index in [9.17, 15) is 13.6 Å². The molecule has 0 saturated carbocycles. The number of Topliss-reactive ketones (excluding diaryl/α,β-unsaturated/α-hetero) is 1. The first kappa shape index (κ1) is 15.4. The summed E-state index contributed by atoms with van der Waals surface area (Å²) in [4.78, 5) is 14.5. The number of hydrogen-bond acceptors (Lipinski definition) is 3. The van der Waals surface area contributed by atoms with Gasteiger partial charge in [-0.1, -0.05) is 0 Å². The highest BCUT2D eigenvalue weighted by atomic mass is 32.2. The van der Waals surface area contributed by atoms with Crippen molar-refractivity contribution in [2.24, 2.45) is 0 Å². The van der Waals surface area contributed by atoms with Crippen LogP contribution in [0.3, 0.4) is 0 Å². The number of nitrogens with zero attached hydrogens (tertiary/aromatic N) is 1. The monoisotopic (exact) mass is 299 g/mol. The van der Waals surface area contributed by atoms with Crippen molar-refractivity contribution in [2.75, 3.05) is 18.8 Å². The van der Waals surface area contributed by atoms with Crippen LogP contribution in [0.15, 0.2) is 18.2 Å². The normalized spacial score (nSPS) is 20.6.